The summed E-state index contributed by atoms with van der Waals surface area (Å²) in [6.07, 6.45) is 0.857. The summed E-state index contributed by atoms with van der Waals surface area (Å²) in [6.45, 7) is 4.63. The van der Waals surface area contributed by atoms with E-state index in [1.165, 1.54) is 36.9 Å². The van der Waals surface area contributed by atoms with Gasteiger partial charge >= 0.3 is 0 Å². The number of nitrogens with zero attached hydrogens (tertiary/aromatic N) is 3. The quantitative estimate of drug-likeness (QED) is 0.134. The summed E-state index contributed by atoms with van der Waals surface area (Å²) in [4.78, 5) is 15.6. The first-order valence-corrected chi connectivity index (χ1v) is 18.7. The van der Waals surface area contributed by atoms with Gasteiger partial charge in [0, 0.05) is 53.8 Å². The van der Waals surface area contributed by atoms with Gasteiger partial charge < -0.3 is 5.73 Å². The number of hydrogen-bond acceptors (Lipinski definition) is 4. The Morgan fingerprint density at radius 3 is 2.12 bits per heavy atom. The van der Waals surface area contributed by atoms with Crippen molar-refractivity contribution in [2.45, 2.75) is 37.6 Å². The smallest absolute Gasteiger partial charge is 0.160 e. The number of aromatic nitrogens is 2. The van der Waals surface area contributed by atoms with Gasteiger partial charge in [-0.25, -0.2) is 9.97 Å². The molecule has 2 atom stereocenters. The Labute approximate surface area is 308 Å². The van der Waals surface area contributed by atoms with Crippen LogP contribution >= 0.6 is 11.3 Å². The molecule has 1 aliphatic rings. The number of rotatable bonds is 7. The molecule has 0 radical (unpaired) electrons. The second-order valence-corrected chi connectivity index (χ2v) is 15.3. The third-order valence-electron chi connectivity index (χ3n) is 10.6. The zero-order valence-corrected chi connectivity index (χ0v) is 30.0. The first-order valence-electron chi connectivity index (χ1n) is 17.9. The summed E-state index contributed by atoms with van der Waals surface area (Å²) in [6, 6.07) is 55.4. The molecule has 0 bridgehead atoms. The van der Waals surface area contributed by atoms with Gasteiger partial charge in [-0.3, -0.25) is 4.99 Å². The number of thiophene rings is 1. The van der Waals surface area contributed by atoms with Gasteiger partial charge in [-0.2, -0.15) is 0 Å². The lowest BCUT2D eigenvalue weighted by molar-refractivity contribution is 0.398. The maximum Gasteiger partial charge on any atom is 0.160 e. The number of fused-ring (bicyclic) bond motifs is 4. The van der Waals surface area contributed by atoms with E-state index in [0.717, 1.165) is 45.9 Å². The largest absolute Gasteiger partial charge is 0.383 e. The predicted octanol–water partition coefficient (Wildman–Crippen LogP) is 11.2. The van der Waals surface area contributed by atoms with Crippen LogP contribution < -0.4 is 5.73 Å². The Bertz CT molecular complexity index is 2530. The van der Waals surface area contributed by atoms with Crippen molar-refractivity contribution in [2.75, 3.05) is 0 Å². The van der Waals surface area contributed by atoms with Crippen molar-refractivity contribution in [1.29, 1.82) is 0 Å². The molecule has 5 heteroatoms. The summed E-state index contributed by atoms with van der Waals surface area (Å²) in [5.74, 6) is 1.49. The zero-order chi connectivity index (χ0) is 35.2. The van der Waals surface area contributed by atoms with Crippen molar-refractivity contribution in [1.82, 2.24) is 9.97 Å². The highest BCUT2D eigenvalue weighted by atomic mass is 32.1. The lowest BCUT2D eigenvalue weighted by Gasteiger charge is -2.29. The molecule has 0 spiro atoms. The van der Waals surface area contributed by atoms with Crippen LogP contribution in [0.2, 0.25) is 0 Å². The van der Waals surface area contributed by atoms with E-state index >= 15 is 0 Å². The molecule has 1 aliphatic carbocycles. The molecule has 4 nitrogen and oxygen atoms in total. The molecular formula is C47H38N4S. The Morgan fingerprint density at radius 1 is 0.673 bits per heavy atom. The van der Waals surface area contributed by atoms with Crippen molar-refractivity contribution in [3.63, 3.8) is 0 Å². The summed E-state index contributed by atoms with van der Waals surface area (Å²) in [5.41, 5.74) is 16.5. The van der Waals surface area contributed by atoms with Crippen LogP contribution in [0.3, 0.4) is 0 Å². The molecular weight excluding hydrogens is 653 g/mol. The van der Waals surface area contributed by atoms with Gasteiger partial charge in [-0.15, -0.1) is 11.3 Å². The van der Waals surface area contributed by atoms with E-state index in [2.05, 4.69) is 117 Å². The second kappa shape index (κ2) is 13.0. The molecule has 2 aromatic heterocycles. The molecule has 52 heavy (non-hydrogen) atoms. The summed E-state index contributed by atoms with van der Waals surface area (Å²) >= 11 is 1.84. The highest BCUT2D eigenvalue weighted by Gasteiger charge is 2.46. The molecule has 6 aromatic carbocycles. The highest BCUT2D eigenvalue weighted by Crippen LogP contribution is 2.50. The van der Waals surface area contributed by atoms with Crippen LogP contribution in [-0.4, -0.2) is 21.8 Å². The standard InChI is InChI=1S/C47H38N4S/c1-47(2)38-23-13-12-21-34(38)36(44(47)51-45(48)32-17-8-4-9-18-32)27-30-25-26-41-37(28-30)43-35(22-14-24-42(43)52-41)40-29-39(31-15-6-3-7-16-31)49-46(50-40)33-19-10-5-11-20-33/h3-26,28-29,36,44H,27H2,1-2H3,(H2,48,51). The van der Waals surface area contributed by atoms with Gasteiger partial charge in [0.2, 0.25) is 0 Å². The average Bonchev–Trinajstić information content (AvgIpc) is 3.67. The van der Waals surface area contributed by atoms with E-state index < -0.39 is 0 Å². The summed E-state index contributed by atoms with van der Waals surface area (Å²) < 4.78 is 2.51. The second-order valence-electron chi connectivity index (χ2n) is 14.3. The van der Waals surface area contributed by atoms with E-state index in [4.69, 9.17) is 20.7 Å². The maximum atomic E-state index is 6.72. The van der Waals surface area contributed by atoms with Gasteiger partial charge in [0.1, 0.15) is 5.84 Å². The van der Waals surface area contributed by atoms with Crippen LogP contribution in [0.25, 0.3) is 54.1 Å². The van der Waals surface area contributed by atoms with E-state index in [0.29, 0.717) is 5.84 Å². The van der Waals surface area contributed by atoms with Crippen molar-refractivity contribution >= 4 is 37.3 Å². The molecule has 8 aromatic rings. The first-order chi connectivity index (χ1) is 25.4. The molecule has 0 fully saturated rings. The summed E-state index contributed by atoms with van der Waals surface area (Å²) in [5, 5.41) is 2.49. The van der Waals surface area contributed by atoms with Crippen LogP contribution in [-0.2, 0) is 11.8 Å². The Morgan fingerprint density at radius 2 is 1.35 bits per heavy atom. The topological polar surface area (TPSA) is 64.2 Å². The molecule has 2 unspecified atom stereocenters. The Kier molecular flexibility index (Phi) is 8.01. The normalized spacial score (nSPS) is 16.7. The minimum Gasteiger partial charge on any atom is -0.383 e. The van der Waals surface area contributed by atoms with Crippen LogP contribution in [0.5, 0.6) is 0 Å². The third-order valence-corrected chi connectivity index (χ3v) is 11.8. The lowest BCUT2D eigenvalue weighted by atomic mass is 9.80. The summed E-state index contributed by atoms with van der Waals surface area (Å²) in [7, 11) is 0. The van der Waals surface area contributed by atoms with E-state index in [1.807, 2.05) is 65.9 Å². The minimum atomic E-state index is -0.174. The van der Waals surface area contributed by atoms with Crippen LogP contribution in [0.4, 0.5) is 0 Å². The van der Waals surface area contributed by atoms with Crippen molar-refractivity contribution in [3.8, 4) is 33.9 Å². The van der Waals surface area contributed by atoms with Crippen LogP contribution in [0, 0.1) is 0 Å². The molecule has 0 saturated heterocycles. The van der Waals surface area contributed by atoms with Crippen LogP contribution in [0.15, 0.2) is 163 Å². The predicted molar refractivity (Wildman–Crippen MR) is 218 cm³/mol. The van der Waals surface area contributed by atoms with E-state index in [1.54, 1.807) is 0 Å². The number of nitrogens with two attached hydrogens (primary N) is 1. The van der Waals surface area contributed by atoms with Gasteiger partial charge in [-0.05, 0) is 47.4 Å². The monoisotopic (exact) mass is 690 g/mol. The fourth-order valence-electron chi connectivity index (χ4n) is 8.07. The first kappa shape index (κ1) is 32.0. The van der Waals surface area contributed by atoms with Crippen molar-refractivity contribution in [2.24, 2.45) is 10.7 Å². The van der Waals surface area contributed by atoms with Crippen LogP contribution in [0.1, 0.15) is 42.0 Å². The number of benzene rings is 6. The third kappa shape index (κ3) is 5.68. The zero-order valence-electron chi connectivity index (χ0n) is 29.2. The SMILES string of the molecule is CC1(C)c2ccccc2C(Cc2ccc3sc4cccc(-c5cc(-c6ccccc6)nc(-c6ccccc6)n5)c4c3c2)C1N=C(N)c1ccccc1. The van der Waals surface area contributed by atoms with E-state index in [-0.39, 0.29) is 17.4 Å². The lowest BCUT2D eigenvalue weighted by Crippen LogP contribution is -2.33. The van der Waals surface area contributed by atoms with Gasteiger partial charge in [0.25, 0.3) is 0 Å². The molecule has 0 amide bonds. The number of aliphatic imine (C=N–C) groups is 1. The fourth-order valence-corrected chi connectivity index (χ4v) is 9.18. The van der Waals surface area contributed by atoms with E-state index in [9.17, 15) is 0 Å². The molecule has 0 aliphatic heterocycles. The highest BCUT2D eigenvalue weighted by molar-refractivity contribution is 7.25. The molecule has 252 valence electrons. The minimum absolute atomic E-state index is 0.00980. The Balaban J connectivity index is 1.17. The van der Waals surface area contributed by atoms with Gasteiger partial charge in [-0.1, -0.05) is 147 Å². The molecule has 2 heterocycles. The number of hydrogen-bond donors (Lipinski definition) is 1. The molecule has 0 saturated carbocycles. The van der Waals surface area contributed by atoms with Gasteiger partial charge in [0.15, 0.2) is 5.82 Å². The van der Waals surface area contributed by atoms with Gasteiger partial charge in [0.05, 0.1) is 17.4 Å². The number of amidine groups is 1. The molecule has 2 N–H and O–H groups in total. The average molecular weight is 691 g/mol. The Hall–Kier alpha value is -5.91. The van der Waals surface area contributed by atoms with Crippen molar-refractivity contribution in [3.05, 3.63) is 180 Å². The van der Waals surface area contributed by atoms with Crippen molar-refractivity contribution < 1.29 is 0 Å². The molecule has 9 rings (SSSR count). The fraction of sp³-hybridized carbons (Fsp3) is 0.128. The maximum absolute atomic E-state index is 6.72.